The molecule has 0 atom stereocenters. The minimum Gasteiger partial charge on any atom is -0.383 e. The van der Waals surface area contributed by atoms with E-state index in [-0.39, 0.29) is 0 Å². The summed E-state index contributed by atoms with van der Waals surface area (Å²) >= 11 is 12.4. The number of hydrogen-bond donors (Lipinski definition) is 1. The molecule has 114 valence electrons. The van der Waals surface area contributed by atoms with E-state index in [1.165, 1.54) is 0 Å². The van der Waals surface area contributed by atoms with Gasteiger partial charge >= 0.3 is 0 Å². The molecule has 3 nitrogen and oxygen atoms in total. The van der Waals surface area contributed by atoms with Crippen molar-refractivity contribution in [2.24, 2.45) is 0 Å². The third-order valence-electron chi connectivity index (χ3n) is 3.48. The average Bonchev–Trinajstić information content (AvgIpc) is 2.76. The number of anilines is 1. The Bertz CT molecular complexity index is 620. The van der Waals surface area contributed by atoms with Gasteiger partial charge < -0.3 is 10.3 Å². The summed E-state index contributed by atoms with van der Waals surface area (Å²) in [6, 6.07) is 5.37. The standard InChI is InChI=1S/C16H21Cl2N3/c1-3-5-9-21-14(6-4-2)20-15(16(21)19)12-10-11(17)7-8-13(12)18/h7-8,10H,3-6,9,19H2,1-2H3. The lowest BCUT2D eigenvalue weighted by molar-refractivity contribution is 0.604. The molecule has 1 aromatic heterocycles. The van der Waals surface area contributed by atoms with Gasteiger partial charge in [-0.25, -0.2) is 4.98 Å². The average molecular weight is 326 g/mol. The van der Waals surface area contributed by atoms with Crippen molar-refractivity contribution >= 4 is 29.0 Å². The Morgan fingerprint density at radius 1 is 1.19 bits per heavy atom. The lowest BCUT2D eigenvalue weighted by Crippen LogP contribution is -2.07. The summed E-state index contributed by atoms with van der Waals surface area (Å²) in [5.74, 6) is 1.70. The van der Waals surface area contributed by atoms with Gasteiger partial charge in [-0.3, -0.25) is 0 Å². The normalized spacial score (nSPS) is 11.0. The minimum atomic E-state index is 0.620. The van der Waals surface area contributed by atoms with Crippen LogP contribution in [0.15, 0.2) is 18.2 Å². The molecule has 2 aromatic rings. The molecule has 0 aliphatic carbocycles. The van der Waals surface area contributed by atoms with Gasteiger partial charge in [-0.2, -0.15) is 0 Å². The molecule has 1 aromatic carbocycles. The van der Waals surface area contributed by atoms with Crippen LogP contribution in [0.1, 0.15) is 38.9 Å². The number of benzene rings is 1. The number of unbranched alkanes of at least 4 members (excludes halogenated alkanes) is 1. The van der Waals surface area contributed by atoms with Crippen molar-refractivity contribution in [1.82, 2.24) is 9.55 Å². The van der Waals surface area contributed by atoms with Crippen LogP contribution in [0.3, 0.4) is 0 Å². The maximum atomic E-state index is 6.32. The molecule has 1 heterocycles. The van der Waals surface area contributed by atoms with Crippen molar-refractivity contribution < 1.29 is 0 Å². The van der Waals surface area contributed by atoms with Crippen molar-refractivity contribution in [2.75, 3.05) is 5.73 Å². The van der Waals surface area contributed by atoms with E-state index in [0.29, 0.717) is 15.9 Å². The Labute approximate surface area is 136 Å². The molecule has 5 heteroatoms. The van der Waals surface area contributed by atoms with Crippen LogP contribution in [-0.4, -0.2) is 9.55 Å². The van der Waals surface area contributed by atoms with E-state index in [0.717, 1.165) is 49.3 Å². The van der Waals surface area contributed by atoms with E-state index in [4.69, 9.17) is 33.9 Å². The Kier molecular flexibility index (Phi) is 5.54. The molecular formula is C16H21Cl2N3. The van der Waals surface area contributed by atoms with E-state index >= 15 is 0 Å². The van der Waals surface area contributed by atoms with Gasteiger partial charge in [0.2, 0.25) is 0 Å². The van der Waals surface area contributed by atoms with Gasteiger partial charge in [0, 0.05) is 23.6 Å². The quantitative estimate of drug-likeness (QED) is 0.793. The highest BCUT2D eigenvalue weighted by molar-refractivity contribution is 6.35. The Balaban J connectivity index is 2.51. The number of aryl methyl sites for hydroxylation is 1. The summed E-state index contributed by atoms with van der Waals surface area (Å²) in [5, 5.41) is 1.25. The molecule has 0 amide bonds. The number of nitrogens with zero attached hydrogens (tertiary/aromatic N) is 2. The van der Waals surface area contributed by atoms with Crippen molar-refractivity contribution in [3.63, 3.8) is 0 Å². The van der Waals surface area contributed by atoms with E-state index < -0.39 is 0 Å². The monoisotopic (exact) mass is 325 g/mol. The van der Waals surface area contributed by atoms with Crippen LogP contribution < -0.4 is 5.73 Å². The van der Waals surface area contributed by atoms with Crippen LogP contribution >= 0.6 is 23.2 Å². The molecule has 0 saturated carbocycles. The van der Waals surface area contributed by atoms with Crippen molar-refractivity contribution in [2.45, 2.75) is 46.1 Å². The second kappa shape index (κ2) is 7.19. The van der Waals surface area contributed by atoms with E-state index in [9.17, 15) is 0 Å². The summed E-state index contributed by atoms with van der Waals surface area (Å²) in [7, 11) is 0. The van der Waals surface area contributed by atoms with Crippen molar-refractivity contribution in [3.8, 4) is 11.3 Å². The molecule has 0 fully saturated rings. The fourth-order valence-corrected chi connectivity index (χ4v) is 2.75. The number of imidazole rings is 1. The number of hydrogen-bond acceptors (Lipinski definition) is 2. The molecule has 2 rings (SSSR count). The molecule has 0 radical (unpaired) electrons. The van der Waals surface area contributed by atoms with Gasteiger partial charge in [0.1, 0.15) is 17.3 Å². The highest BCUT2D eigenvalue weighted by Crippen LogP contribution is 2.34. The van der Waals surface area contributed by atoms with E-state index in [2.05, 4.69) is 18.4 Å². The fraction of sp³-hybridized carbons (Fsp3) is 0.438. The van der Waals surface area contributed by atoms with Gasteiger partial charge in [0.25, 0.3) is 0 Å². The SMILES string of the molecule is CCCCn1c(CCC)nc(-c2cc(Cl)ccc2Cl)c1N. The van der Waals surface area contributed by atoms with Gasteiger partial charge in [0.05, 0.1) is 5.02 Å². The summed E-state index contributed by atoms with van der Waals surface area (Å²) in [5.41, 5.74) is 7.86. The highest BCUT2D eigenvalue weighted by Gasteiger charge is 2.17. The molecule has 0 saturated heterocycles. The van der Waals surface area contributed by atoms with E-state index in [1.54, 1.807) is 12.1 Å². The van der Waals surface area contributed by atoms with Gasteiger partial charge in [0.15, 0.2) is 0 Å². The van der Waals surface area contributed by atoms with Crippen LogP contribution in [0.4, 0.5) is 5.82 Å². The maximum Gasteiger partial charge on any atom is 0.131 e. The first-order valence-corrected chi connectivity index (χ1v) is 8.14. The third-order valence-corrected chi connectivity index (χ3v) is 4.04. The molecule has 2 N–H and O–H groups in total. The number of aromatic nitrogens is 2. The number of rotatable bonds is 6. The Morgan fingerprint density at radius 2 is 1.95 bits per heavy atom. The van der Waals surface area contributed by atoms with Crippen molar-refractivity contribution in [1.29, 1.82) is 0 Å². The molecule has 21 heavy (non-hydrogen) atoms. The first-order chi connectivity index (χ1) is 10.1. The van der Waals surface area contributed by atoms with Gasteiger partial charge in [-0.15, -0.1) is 0 Å². The Morgan fingerprint density at radius 3 is 2.62 bits per heavy atom. The third kappa shape index (κ3) is 3.53. The second-order valence-electron chi connectivity index (χ2n) is 5.14. The number of nitrogens with two attached hydrogens (primary N) is 1. The second-order valence-corrected chi connectivity index (χ2v) is 5.98. The highest BCUT2D eigenvalue weighted by atomic mass is 35.5. The Hall–Kier alpha value is -1.19. The first kappa shape index (κ1) is 16.2. The van der Waals surface area contributed by atoms with Gasteiger partial charge in [-0.1, -0.05) is 43.5 Å². The summed E-state index contributed by atoms with van der Waals surface area (Å²) < 4.78 is 2.11. The van der Waals surface area contributed by atoms with Crippen molar-refractivity contribution in [3.05, 3.63) is 34.1 Å². The van der Waals surface area contributed by atoms with Crippen LogP contribution in [0.5, 0.6) is 0 Å². The summed E-state index contributed by atoms with van der Waals surface area (Å²) in [6.07, 6.45) is 4.15. The van der Waals surface area contributed by atoms with Gasteiger partial charge in [-0.05, 0) is 31.0 Å². The van der Waals surface area contributed by atoms with E-state index in [1.807, 2.05) is 6.07 Å². The summed E-state index contributed by atoms with van der Waals surface area (Å²) in [6.45, 7) is 5.20. The lowest BCUT2D eigenvalue weighted by Gasteiger charge is -2.08. The zero-order valence-electron chi connectivity index (χ0n) is 12.5. The topological polar surface area (TPSA) is 43.8 Å². The zero-order chi connectivity index (χ0) is 15.4. The zero-order valence-corrected chi connectivity index (χ0v) is 14.0. The number of nitrogen functional groups attached to an aromatic ring is 1. The van der Waals surface area contributed by atoms with Crippen LogP contribution in [0.25, 0.3) is 11.3 Å². The molecule has 0 bridgehead atoms. The predicted octanol–water partition coefficient (Wildman–Crippen LogP) is 5.19. The largest absolute Gasteiger partial charge is 0.383 e. The molecular weight excluding hydrogens is 305 g/mol. The molecule has 0 aliphatic rings. The summed E-state index contributed by atoms with van der Waals surface area (Å²) in [4.78, 5) is 4.72. The lowest BCUT2D eigenvalue weighted by atomic mass is 10.1. The smallest absolute Gasteiger partial charge is 0.131 e. The number of halogens is 2. The van der Waals surface area contributed by atoms with Crippen LogP contribution in [0, 0.1) is 0 Å². The molecule has 0 spiro atoms. The van der Waals surface area contributed by atoms with Crippen LogP contribution in [0.2, 0.25) is 10.0 Å². The maximum absolute atomic E-state index is 6.32. The molecule has 0 aliphatic heterocycles. The fourth-order valence-electron chi connectivity index (χ4n) is 2.37. The predicted molar refractivity (Wildman–Crippen MR) is 91.0 cm³/mol. The first-order valence-electron chi connectivity index (χ1n) is 7.38. The van der Waals surface area contributed by atoms with Crippen LogP contribution in [-0.2, 0) is 13.0 Å². The molecule has 0 unspecified atom stereocenters. The minimum absolute atomic E-state index is 0.620.